The zero-order chi connectivity index (χ0) is 12.4. The average Bonchev–Trinajstić information content (AvgIpc) is 2.25. The van der Waals surface area contributed by atoms with Gasteiger partial charge in [-0.1, -0.05) is 23.2 Å². The van der Waals surface area contributed by atoms with Crippen molar-refractivity contribution >= 4 is 48.5 Å². The summed E-state index contributed by atoms with van der Waals surface area (Å²) in [6.07, 6.45) is 0. The molecule has 0 radical (unpaired) electrons. The van der Waals surface area contributed by atoms with Gasteiger partial charge in [0, 0.05) is 19.8 Å². The Hall–Kier alpha value is -0.480. The van der Waals surface area contributed by atoms with Gasteiger partial charge in [-0.25, -0.2) is 0 Å². The van der Waals surface area contributed by atoms with E-state index in [0.29, 0.717) is 31.3 Å². The largest absolute Gasteiger partial charge is 0.455 e. The molecule has 0 fully saturated rings. The van der Waals surface area contributed by atoms with Crippen LogP contribution < -0.4 is 4.74 Å². The maximum atomic E-state index is 5.84. The molecule has 0 aliphatic rings. The summed E-state index contributed by atoms with van der Waals surface area (Å²) in [6.45, 7) is 0. The van der Waals surface area contributed by atoms with Crippen LogP contribution in [0.5, 0.6) is 11.5 Å². The zero-order valence-corrected chi connectivity index (χ0v) is 11.8. The lowest BCUT2D eigenvalue weighted by molar-refractivity contribution is 0.460. The summed E-state index contributed by atoms with van der Waals surface area (Å²) in [5.41, 5.74) is 0. The molecule has 2 rings (SSSR count). The van der Waals surface area contributed by atoms with E-state index < -0.39 is 0 Å². The molecule has 1 nitrogen and oxygen atoms in total. The predicted octanol–water partition coefficient (Wildman–Crippen LogP) is 5.36. The van der Waals surface area contributed by atoms with Crippen molar-refractivity contribution in [3.05, 3.63) is 46.4 Å². The molecule has 0 N–H and O–H groups in total. The molecule has 0 heterocycles. The topological polar surface area (TPSA) is 9.23 Å². The molecule has 0 saturated heterocycles. The number of benzene rings is 2. The van der Waals surface area contributed by atoms with Crippen LogP contribution in [0.2, 0.25) is 10.0 Å². The minimum Gasteiger partial charge on any atom is -0.455 e. The Kier molecular flexibility index (Phi) is 4.15. The minimum atomic E-state index is 0.615. The molecule has 2 aromatic rings. The van der Waals surface area contributed by atoms with Crippen LogP contribution in [-0.2, 0) is 0 Å². The lowest BCUT2D eigenvalue weighted by atomic mass is 10.3. The smallest absolute Gasteiger partial charge is 0.140 e. The molecule has 17 heavy (non-hydrogen) atoms. The van der Waals surface area contributed by atoms with E-state index in [1.54, 1.807) is 36.4 Å². The highest BCUT2D eigenvalue weighted by atomic mass is 35.5. The molecule has 0 amide bonds. The Morgan fingerprint density at radius 3 is 1.53 bits per heavy atom. The average molecular weight is 303 g/mol. The van der Waals surface area contributed by atoms with Gasteiger partial charge in [-0.3, -0.25) is 0 Å². The molecule has 88 valence electrons. The quantitative estimate of drug-likeness (QED) is 0.710. The zero-order valence-electron chi connectivity index (χ0n) is 8.52. The van der Waals surface area contributed by atoms with Crippen LogP contribution in [-0.4, -0.2) is 0 Å². The van der Waals surface area contributed by atoms with Gasteiger partial charge in [-0.15, -0.1) is 25.3 Å². The summed E-state index contributed by atoms with van der Waals surface area (Å²) in [6, 6.07) is 10.4. The van der Waals surface area contributed by atoms with Crippen molar-refractivity contribution < 1.29 is 4.74 Å². The van der Waals surface area contributed by atoms with Gasteiger partial charge in [0.1, 0.15) is 11.5 Å². The molecule has 0 aromatic heterocycles. The highest BCUT2D eigenvalue weighted by Crippen LogP contribution is 2.34. The number of hydrogen-bond donors (Lipinski definition) is 2. The highest BCUT2D eigenvalue weighted by Gasteiger charge is 2.06. The van der Waals surface area contributed by atoms with E-state index in [1.165, 1.54) is 0 Å². The van der Waals surface area contributed by atoms with Crippen LogP contribution in [0.25, 0.3) is 0 Å². The fourth-order valence-corrected chi connectivity index (χ4v) is 2.29. The van der Waals surface area contributed by atoms with Gasteiger partial charge >= 0.3 is 0 Å². The molecular formula is C12H8Cl2OS2. The molecule has 0 aliphatic carbocycles. The first-order valence-electron chi connectivity index (χ1n) is 4.71. The van der Waals surface area contributed by atoms with Crippen molar-refractivity contribution in [2.45, 2.75) is 9.79 Å². The van der Waals surface area contributed by atoms with Crippen molar-refractivity contribution in [1.29, 1.82) is 0 Å². The van der Waals surface area contributed by atoms with E-state index in [1.807, 2.05) is 0 Å². The van der Waals surface area contributed by atoms with Crippen molar-refractivity contribution in [2.24, 2.45) is 0 Å². The van der Waals surface area contributed by atoms with Crippen molar-refractivity contribution in [2.75, 3.05) is 0 Å². The first-order chi connectivity index (χ1) is 8.06. The molecule has 0 unspecified atom stereocenters. The monoisotopic (exact) mass is 302 g/mol. The SMILES string of the molecule is Sc1cc(Cl)ccc1Oc1ccc(Cl)cc1S. The van der Waals surface area contributed by atoms with Gasteiger partial charge < -0.3 is 4.74 Å². The molecule has 0 bridgehead atoms. The lowest BCUT2D eigenvalue weighted by Gasteiger charge is -2.10. The summed E-state index contributed by atoms with van der Waals surface area (Å²) >= 11 is 20.3. The normalized spacial score (nSPS) is 10.4. The number of thiol groups is 2. The Bertz CT molecular complexity index is 509. The molecule has 0 aliphatic heterocycles. The summed E-state index contributed by atoms with van der Waals surface area (Å²) in [4.78, 5) is 1.33. The predicted molar refractivity (Wildman–Crippen MR) is 77.5 cm³/mol. The van der Waals surface area contributed by atoms with E-state index in [2.05, 4.69) is 25.3 Å². The molecule has 5 heteroatoms. The maximum Gasteiger partial charge on any atom is 0.140 e. The second-order valence-corrected chi connectivity index (χ2v) is 5.16. The Balaban J connectivity index is 2.31. The van der Waals surface area contributed by atoms with Crippen molar-refractivity contribution in [3.8, 4) is 11.5 Å². The van der Waals surface area contributed by atoms with Crippen LogP contribution in [0, 0.1) is 0 Å². The van der Waals surface area contributed by atoms with Gasteiger partial charge in [-0.05, 0) is 36.4 Å². The first-order valence-corrected chi connectivity index (χ1v) is 6.36. The summed E-state index contributed by atoms with van der Waals surface area (Å²) in [5.74, 6) is 1.24. The van der Waals surface area contributed by atoms with Crippen LogP contribution in [0.15, 0.2) is 46.2 Å². The first kappa shape index (κ1) is 13.0. The minimum absolute atomic E-state index is 0.615. The molecule has 0 spiro atoms. The number of halogens is 2. The number of rotatable bonds is 2. The molecule has 0 atom stereocenters. The maximum absolute atomic E-state index is 5.84. The van der Waals surface area contributed by atoms with Crippen LogP contribution in [0.3, 0.4) is 0 Å². The van der Waals surface area contributed by atoms with Gasteiger partial charge in [-0.2, -0.15) is 0 Å². The summed E-state index contributed by atoms with van der Waals surface area (Å²) in [7, 11) is 0. The fourth-order valence-electron chi connectivity index (χ4n) is 1.27. The summed E-state index contributed by atoms with van der Waals surface area (Å²) in [5, 5.41) is 1.23. The van der Waals surface area contributed by atoms with Crippen molar-refractivity contribution in [1.82, 2.24) is 0 Å². The van der Waals surface area contributed by atoms with Gasteiger partial charge in [0.15, 0.2) is 0 Å². The Labute approximate surface area is 121 Å². The Morgan fingerprint density at radius 1 is 0.765 bits per heavy atom. The second-order valence-electron chi connectivity index (χ2n) is 3.33. The van der Waals surface area contributed by atoms with Crippen LogP contribution >= 0.6 is 48.5 Å². The van der Waals surface area contributed by atoms with Crippen LogP contribution in [0.1, 0.15) is 0 Å². The lowest BCUT2D eigenvalue weighted by Crippen LogP contribution is -1.87. The standard InChI is InChI=1S/C12H8Cl2OS2/c13-7-1-3-9(11(16)5-7)15-10-4-2-8(14)6-12(10)17/h1-6,16-17H. The number of hydrogen-bond acceptors (Lipinski definition) is 3. The second kappa shape index (κ2) is 5.44. The fraction of sp³-hybridized carbons (Fsp3) is 0. The van der Waals surface area contributed by atoms with E-state index in [0.717, 1.165) is 0 Å². The van der Waals surface area contributed by atoms with Crippen molar-refractivity contribution in [3.63, 3.8) is 0 Å². The third kappa shape index (κ3) is 3.26. The Morgan fingerprint density at radius 2 is 1.18 bits per heavy atom. The van der Waals surface area contributed by atoms with E-state index in [9.17, 15) is 0 Å². The molecule has 0 saturated carbocycles. The van der Waals surface area contributed by atoms with Gasteiger partial charge in [0.2, 0.25) is 0 Å². The number of ether oxygens (including phenoxy) is 1. The van der Waals surface area contributed by atoms with Gasteiger partial charge in [0.25, 0.3) is 0 Å². The van der Waals surface area contributed by atoms with E-state index in [4.69, 9.17) is 27.9 Å². The van der Waals surface area contributed by atoms with Crippen LogP contribution in [0.4, 0.5) is 0 Å². The highest BCUT2D eigenvalue weighted by molar-refractivity contribution is 7.80. The molecule has 2 aromatic carbocycles. The summed E-state index contributed by atoms with van der Waals surface area (Å²) < 4.78 is 5.68. The van der Waals surface area contributed by atoms with Gasteiger partial charge in [0.05, 0.1) is 0 Å². The third-order valence-corrected chi connectivity index (χ3v) is 3.23. The third-order valence-electron chi connectivity index (χ3n) is 2.06. The molecular weight excluding hydrogens is 295 g/mol. The van der Waals surface area contributed by atoms with E-state index >= 15 is 0 Å². The van der Waals surface area contributed by atoms with E-state index in [-0.39, 0.29) is 0 Å².